The number of rotatable bonds is 8. The second-order valence-electron chi connectivity index (χ2n) is 5.42. The van der Waals surface area contributed by atoms with Crippen LogP contribution in [0.5, 0.6) is 0 Å². The summed E-state index contributed by atoms with van der Waals surface area (Å²) >= 11 is 1.75. The van der Waals surface area contributed by atoms with Gasteiger partial charge in [-0.1, -0.05) is 19.3 Å². The summed E-state index contributed by atoms with van der Waals surface area (Å²) in [4.78, 5) is 11.1. The first-order chi connectivity index (χ1) is 9.85. The van der Waals surface area contributed by atoms with Crippen molar-refractivity contribution >= 4 is 27.9 Å². The first-order valence-electron chi connectivity index (χ1n) is 7.18. The highest BCUT2D eigenvalue weighted by Crippen LogP contribution is 2.38. The van der Waals surface area contributed by atoms with Crippen molar-refractivity contribution in [3.8, 4) is 0 Å². The normalized spacial score (nSPS) is 18.7. The van der Waals surface area contributed by atoms with E-state index in [0.717, 1.165) is 25.7 Å². The maximum atomic E-state index is 12.2. The fourth-order valence-corrected chi connectivity index (χ4v) is 4.47. The van der Waals surface area contributed by atoms with Crippen LogP contribution in [0.3, 0.4) is 0 Å². The fourth-order valence-electron chi connectivity index (χ4n) is 2.45. The van der Waals surface area contributed by atoms with E-state index in [9.17, 15) is 13.2 Å². The standard InChI is InChI=1S/C13H26N2O4S2/c1-15(10-7-12(16)19-2)21(17,18)14-11-13(20-3)8-5-4-6-9-13/h14H,4-11H2,1-3H3. The Kier molecular flexibility index (Phi) is 7.46. The maximum Gasteiger partial charge on any atom is 0.306 e. The lowest BCUT2D eigenvalue weighted by Gasteiger charge is -2.36. The minimum atomic E-state index is -3.55. The number of hydrogen-bond acceptors (Lipinski definition) is 5. The average Bonchev–Trinajstić information content (AvgIpc) is 2.51. The van der Waals surface area contributed by atoms with Crippen LogP contribution in [-0.2, 0) is 19.7 Å². The monoisotopic (exact) mass is 338 g/mol. The molecule has 124 valence electrons. The highest BCUT2D eigenvalue weighted by atomic mass is 32.2. The van der Waals surface area contributed by atoms with Crippen molar-refractivity contribution in [2.24, 2.45) is 0 Å². The summed E-state index contributed by atoms with van der Waals surface area (Å²) in [6.45, 7) is 0.563. The van der Waals surface area contributed by atoms with Gasteiger partial charge in [0.15, 0.2) is 0 Å². The number of thioether (sulfide) groups is 1. The van der Waals surface area contributed by atoms with E-state index in [2.05, 4.69) is 9.46 Å². The molecule has 1 fully saturated rings. The van der Waals surface area contributed by atoms with Crippen LogP contribution >= 0.6 is 11.8 Å². The maximum absolute atomic E-state index is 12.2. The molecular weight excluding hydrogens is 312 g/mol. The minimum Gasteiger partial charge on any atom is -0.469 e. The summed E-state index contributed by atoms with van der Waals surface area (Å²) in [7, 11) is -0.787. The summed E-state index contributed by atoms with van der Waals surface area (Å²) in [5, 5.41) is 0. The van der Waals surface area contributed by atoms with Crippen LogP contribution in [0.1, 0.15) is 38.5 Å². The number of nitrogens with zero attached hydrogens (tertiary/aromatic N) is 1. The van der Waals surface area contributed by atoms with Gasteiger partial charge in [0, 0.05) is 24.9 Å². The summed E-state index contributed by atoms with van der Waals surface area (Å²) in [5.74, 6) is -0.412. The van der Waals surface area contributed by atoms with Gasteiger partial charge in [0.05, 0.1) is 13.5 Å². The van der Waals surface area contributed by atoms with Crippen molar-refractivity contribution in [1.29, 1.82) is 0 Å². The van der Waals surface area contributed by atoms with Gasteiger partial charge >= 0.3 is 5.97 Å². The van der Waals surface area contributed by atoms with Crippen molar-refractivity contribution in [1.82, 2.24) is 9.03 Å². The van der Waals surface area contributed by atoms with Crippen molar-refractivity contribution in [2.45, 2.75) is 43.3 Å². The molecule has 0 atom stereocenters. The highest BCUT2D eigenvalue weighted by Gasteiger charge is 2.33. The molecule has 1 aliphatic carbocycles. The van der Waals surface area contributed by atoms with E-state index in [-0.39, 0.29) is 17.7 Å². The third-order valence-electron chi connectivity index (χ3n) is 4.04. The predicted octanol–water partition coefficient (Wildman–Crippen LogP) is 1.38. The number of methoxy groups -OCH3 is 1. The molecule has 1 saturated carbocycles. The van der Waals surface area contributed by atoms with Gasteiger partial charge in [-0.2, -0.15) is 24.5 Å². The van der Waals surface area contributed by atoms with E-state index < -0.39 is 16.2 Å². The SMILES string of the molecule is COC(=O)CCN(C)S(=O)(=O)NCC1(SC)CCCCC1. The van der Waals surface area contributed by atoms with Gasteiger partial charge in [-0.15, -0.1) is 0 Å². The molecule has 6 nitrogen and oxygen atoms in total. The molecule has 0 bridgehead atoms. The molecule has 0 aromatic rings. The van der Waals surface area contributed by atoms with Crippen molar-refractivity contribution in [2.75, 3.05) is 33.5 Å². The van der Waals surface area contributed by atoms with Gasteiger partial charge in [-0.3, -0.25) is 4.79 Å². The molecule has 0 unspecified atom stereocenters. The van der Waals surface area contributed by atoms with Crippen LogP contribution in [-0.4, -0.2) is 56.9 Å². The van der Waals surface area contributed by atoms with E-state index >= 15 is 0 Å². The smallest absolute Gasteiger partial charge is 0.306 e. The summed E-state index contributed by atoms with van der Waals surface area (Å²) in [5.41, 5.74) is 0. The van der Waals surface area contributed by atoms with Crippen LogP contribution in [0.25, 0.3) is 0 Å². The Balaban J connectivity index is 2.52. The van der Waals surface area contributed by atoms with Crippen LogP contribution in [0, 0.1) is 0 Å². The van der Waals surface area contributed by atoms with Gasteiger partial charge in [-0.05, 0) is 19.1 Å². The third-order valence-corrected chi connectivity index (χ3v) is 6.97. The molecule has 0 radical (unpaired) electrons. The Bertz CT molecular complexity index is 433. The summed E-state index contributed by atoms with van der Waals surface area (Å²) < 4.78 is 32.8. The number of ether oxygens (including phenoxy) is 1. The molecule has 0 aromatic carbocycles. The molecule has 21 heavy (non-hydrogen) atoms. The lowest BCUT2D eigenvalue weighted by Crippen LogP contribution is -2.46. The second kappa shape index (κ2) is 8.36. The molecule has 0 saturated heterocycles. The van der Waals surface area contributed by atoms with E-state index in [0.29, 0.717) is 6.54 Å². The van der Waals surface area contributed by atoms with Gasteiger partial charge in [0.25, 0.3) is 10.2 Å². The van der Waals surface area contributed by atoms with Crippen LogP contribution in [0.2, 0.25) is 0 Å². The molecule has 0 spiro atoms. The first-order valence-corrected chi connectivity index (χ1v) is 9.84. The van der Waals surface area contributed by atoms with Gasteiger partial charge < -0.3 is 4.74 Å². The first kappa shape index (κ1) is 18.7. The lowest BCUT2D eigenvalue weighted by atomic mass is 9.88. The van der Waals surface area contributed by atoms with Crippen molar-refractivity contribution < 1.29 is 17.9 Å². The Labute approximate surface area is 132 Å². The molecule has 0 aliphatic heterocycles. The number of carbonyl (C=O) groups excluding carboxylic acids is 1. The average molecular weight is 338 g/mol. The zero-order valence-corrected chi connectivity index (χ0v) is 14.7. The Morgan fingerprint density at radius 2 is 1.95 bits per heavy atom. The second-order valence-corrected chi connectivity index (χ2v) is 8.56. The Morgan fingerprint density at radius 3 is 2.48 bits per heavy atom. The van der Waals surface area contributed by atoms with E-state index in [1.165, 1.54) is 24.9 Å². The lowest BCUT2D eigenvalue weighted by molar-refractivity contribution is -0.140. The fraction of sp³-hybridized carbons (Fsp3) is 0.923. The number of nitrogens with one attached hydrogen (secondary N) is 1. The van der Waals surface area contributed by atoms with Gasteiger partial charge in [0.1, 0.15) is 0 Å². The molecule has 1 aliphatic rings. The van der Waals surface area contributed by atoms with E-state index in [1.807, 2.05) is 6.26 Å². The molecule has 1 rings (SSSR count). The summed E-state index contributed by atoms with van der Waals surface area (Å²) in [6.07, 6.45) is 7.73. The van der Waals surface area contributed by atoms with Gasteiger partial charge in [0.2, 0.25) is 0 Å². The van der Waals surface area contributed by atoms with Crippen molar-refractivity contribution in [3.63, 3.8) is 0 Å². The number of carbonyl (C=O) groups is 1. The van der Waals surface area contributed by atoms with Crippen LogP contribution in [0.4, 0.5) is 0 Å². The van der Waals surface area contributed by atoms with E-state index in [4.69, 9.17) is 0 Å². The Morgan fingerprint density at radius 1 is 1.33 bits per heavy atom. The quantitative estimate of drug-likeness (QED) is 0.677. The van der Waals surface area contributed by atoms with Crippen LogP contribution < -0.4 is 4.72 Å². The molecule has 0 amide bonds. The highest BCUT2D eigenvalue weighted by molar-refractivity contribution is 8.00. The van der Waals surface area contributed by atoms with E-state index in [1.54, 1.807) is 11.8 Å². The molecule has 0 heterocycles. The van der Waals surface area contributed by atoms with Crippen molar-refractivity contribution in [3.05, 3.63) is 0 Å². The van der Waals surface area contributed by atoms with Crippen LogP contribution in [0.15, 0.2) is 0 Å². The number of esters is 1. The minimum absolute atomic E-state index is 0.00844. The zero-order valence-electron chi connectivity index (χ0n) is 13.1. The predicted molar refractivity (Wildman–Crippen MR) is 85.5 cm³/mol. The largest absolute Gasteiger partial charge is 0.469 e. The molecular formula is C13H26N2O4S2. The number of hydrogen-bond donors (Lipinski definition) is 1. The zero-order chi connectivity index (χ0) is 15.9. The van der Waals surface area contributed by atoms with Gasteiger partial charge in [-0.25, -0.2) is 4.72 Å². The topological polar surface area (TPSA) is 75.7 Å². The molecule has 8 heteroatoms. The molecule has 0 aromatic heterocycles. The third kappa shape index (κ3) is 5.77. The summed E-state index contributed by atoms with van der Waals surface area (Å²) in [6, 6.07) is 0. The molecule has 1 N–H and O–H groups in total. The Hall–Kier alpha value is -0.310.